The van der Waals surface area contributed by atoms with Crippen LogP contribution in [0.5, 0.6) is 5.75 Å². The Morgan fingerprint density at radius 3 is 2.63 bits per heavy atom. The monoisotopic (exact) mass is 374 g/mol. The number of rotatable bonds is 6. The van der Waals surface area contributed by atoms with E-state index in [1.54, 1.807) is 12.1 Å². The molecule has 0 bridgehead atoms. The van der Waals surface area contributed by atoms with E-state index >= 15 is 0 Å². The maximum Gasteiger partial charge on any atom is 0.285 e. The van der Waals surface area contributed by atoms with Gasteiger partial charge in [0, 0.05) is 19.0 Å². The van der Waals surface area contributed by atoms with E-state index in [0.717, 1.165) is 11.0 Å². The predicted octanol–water partition coefficient (Wildman–Crippen LogP) is 1.95. The van der Waals surface area contributed by atoms with Gasteiger partial charge in [-0.1, -0.05) is 12.1 Å². The molecule has 6 nitrogen and oxygen atoms in total. The third kappa shape index (κ3) is 4.11. The third-order valence-corrected chi connectivity index (χ3v) is 4.24. The molecule has 0 aliphatic carbocycles. The van der Waals surface area contributed by atoms with E-state index in [2.05, 4.69) is 0 Å². The first-order valence-electron chi connectivity index (χ1n) is 8.16. The molecule has 2 N–H and O–H groups in total. The average molecular weight is 374 g/mol. The number of carbonyl (C=O) groups is 3. The standard InChI is InChI=1S/C19H16F2N2O4/c20-13-3-1-2-11(6-13)10-27-14-4-5-16(15(21)8-14)23-9-12(7-17(23)24)18(25)19(22)26/h1-6,8,12H,7,9-10H2,(H2,22,26). The van der Waals surface area contributed by atoms with Crippen molar-refractivity contribution in [2.45, 2.75) is 13.0 Å². The lowest BCUT2D eigenvalue weighted by atomic mass is 10.0. The molecule has 1 aliphatic heterocycles. The van der Waals surface area contributed by atoms with Gasteiger partial charge < -0.3 is 15.4 Å². The summed E-state index contributed by atoms with van der Waals surface area (Å²) in [5.74, 6) is -4.22. The molecule has 1 saturated heterocycles. The van der Waals surface area contributed by atoms with Gasteiger partial charge in [0.2, 0.25) is 11.7 Å². The molecular weight excluding hydrogens is 358 g/mol. The summed E-state index contributed by atoms with van der Waals surface area (Å²) in [4.78, 5) is 35.8. The fourth-order valence-corrected chi connectivity index (χ4v) is 2.91. The van der Waals surface area contributed by atoms with Gasteiger partial charge in [-0.3, -0.25) is 14.4 Å². The van der Waals surface area contributed by atoms with Crippen LogP contribution in [-0.4, -0.2) is 24.1 Å². The molecule has 2 amide bonds. The van der Waals surface area contributed by atoms with Crippen LogP contribution < -0.4 is 15.4 Å². The first-order chi connectivity index (χ1) is 12.8. The second kappa shape index (κ2) is 7.53. The van der Waals surface area contributed by atoms with Crippen molar-refractivity contribution in [1.29, 1.82) is 0 Å². The van der Waals surface area contributed by atoms with Crippen LogP contribution in [0.1, 0.15) is 12.0 Å². The van der Waals surface area contributed by atoms with Gasteiger partial charge in [0.1, 0.15) is 18.2 Å². The highest BCUT2D eigenvalue weighted by molar-refractivity contribution is 6.37. The summed E-state index contributed by atoms with van der Waals surface area (Å²) in [5, 5.41) is 0. The molecule has 3 rings (SSSR count). The second-order valence-electron chi connectivity index (χ2n) is 6.17. The fraction of sp³-hybridized carbons (Fsp3) is 0.211. The van der Waals surface area contributed by atoms with E-state index in [0.29, 0.717) is 5.56 Å². The predicted molar refractivity (Wildman–Crippen MR) is 91.8 cm³/mol. The Balaban J connectivity index is 1.70. The smallest absolute Gasteiger partial charge is 0.285 e. The summed E-state index contributed by atoms with van der Waals surface area (Å²) < 4.78 is 33.0. The summed E-state index contributed by atoms with van der Waals surface area (Å²) in [6.45, 7) is -0.0601. The fourth-order valence-electron chi connectivity index (χ4n) is 2.91. The molecule has 0 aromatic heterocycles. The SMILES string of the molecule is NC(=O)C(=O)C1CC(=O)N(c2ccc(OCc3cccc(F)c3)cc2F)C1. The highest BCUT2D eigenvalue weighted by atomic mass is 19.1. The molecule has 1 atom stereocenters. The Bertz CT molecular complexity index is 916. The maximum atomic E-state index is 14.4. The van der Waals surface area contributed by atoms with E-state index in [1.165, 1.54) is 24.3 Å². The first kappa shape index (κ1) is 18.5. The van der Waals surface area contributed by atoms with Crippen molar-refractivity contribution in [2.75, 3.05) is 11.4 Å². The molecule has 0 saturated carbocycles. The number of nitrogens with two attached hydrogens (primary N) is 1. The quantitative estimate of drug-likeness (QED) is 0.783. The van der Waals surface area contributed by atoms with Crippen molar-refractivity contribution in [3.63, 3.8) is 0 Å². The highest BCUT2D eigenvalue weighted by Crippen LogP contribution is 2.30. The van der Waals surface area contributed by atoms with Crippen molar-refractivity contribution in [3.05, 3.63) is 59.7 Å². The van der Waals surface area contributed by atoms with Crippen LogP contribution in [0.15, 0.2) is 42.5 Å². The third-order valence-electron chi connectivity index (χ3n) is 4.24. The zero-order valence-electron chi connectivity index (χ0n) is 14.2. The molecular formula is C19H16F2N2O4. The zero-order valence-corrected chi connectivity index (χ0v) is 14.2. The molecule has 140 valence electrons. The second-order valence-corrected chi connectivity index (χ2v) is 6.17. The van der Waals surface area contributed by atoms with Crippen molar-refractivity contribution < 1.29 is 27.9 Å². The zero-order chi connectivity index (χ0) is 19.6. The molecule has 1 fully saturated rings. The number of nitrogens with zero attached hydrogens (tertiary/aromatic N) is 1. The number of anilines is 1. The minimum absolute atomic E-state index is 0.0159. The first-order valence-corrected chi connectivity index (χ1v) is 8.16. The Morgan fingerprint density at radius 1 is 1.19 bits per heavy atom. The van der Waals surface area contributed by atoms with Crippen LogP contribution >= 0.6 is 0 Å². The number of carbonyl (C=O) groups excluding carboxylic acids is 3. The maximum absolute atomic E-state index is 14.4. The molecule has 27 heavy (non-hydrogen) atoms. The summed E-state index contributed by atoms with van der Waals surface area (Å²) in [5.41, 5.74) is 5.52. The van der Waals surface area contributed by atoms with Gasteiger partial charge in [-0.05, 0) is 29.8 Å². The van der Waals surface area contributed by atoms with Crippen LogP contribution in [-0.2, 0) is 21.0 Å². The Labute approximate surface area is 153 Å². The molecule has 0 radical (unpaired) electrons. The van der Waals surface area contributed by atoms with Crippen molar-refractivity contribution in [1.82, 2.24) is 0 Å². The number of primary amides is 1. The van der Waals surface area contributed by atoms with Crippen LogP contribution in [0, 0.1) is 17.6 Å². The van der Waals surface area contributed by atoms with Crippen molar-refractivity contribution >= 4 is 23.3 Å². The molecule has 2 aromatic rings. The lowest BCUT2D eigenvalue weighted by molar-refractivity contribution is -0.138. The van der Waals surface area contributed by atoms with E-state index in [-0.39, 0.29) is 31.0 Å². The number of hydrogen-bond donors (Lipinski definition) is 1. The Morgan fingerprint density at radius 2 is 1.96 bits per heavy atom. The normalized spacial score (nSPS) is 16.4. The van der Waals surface area contributed by atoms with Crippen LogP contribution in [0.2, 0.25) is 0 Å². The number of Topliss-reactive ketones (excluding diaryl/α,β-unsaturated/α-hetero) is 1. The van der Waals surface area contributed by atoms with Gasteiger partial charge >= 0.3 is 0 Å². The number of amides is 2. The van der Waals surface area contributed by atoms with Crippen molar-refractivity contribution in [3.8, 4) is 5.75 Å². The number of benzene rings is 2. The van der Waals surface area contributed by atoms with Crippen molar-refractivity contribution in [2.24, 2.45) is 11.7 Å². The highest BCUT2D eigenvalue weighted by Gasteiger charge is 2.37. The molecule has 1 unspecified atom stereocenters. The van der Waals surface area contributed by atoms with Gasteiger partial charge in [0.05, 0.1) is 11.6 Å². The number of hydrogen-bond acceptors (Lipinski definition) is 4. The van der Waals surface area contributed by atoms with Gasteiger partial charge in [-0.15, -0.1) is 0 Å². The minimum atomic E-state index is -1.11. The summed E-state index contributed by atoms with van der Waals surface area (Å²) in [6.07, 6.45) is -0.195. The van der Waals surface area contributed by atoms with Crippen LogP contribution in [0.25, 0.3) is 0 Å². The number of ketones is 1. The molecule has 1 heterocycles. The number of ether oxygens (including phenoxy) is 1. The average Bonchev–Trinajstić information content (AvgIpc) is 3.01. The molecule has 1 aliphatic rings. The van der Waals surface area contributed by atoms with Crippen LogP contribution in [0.4, 0.5) is 14.5 Å². The molecule has 2 aromatic carbocycles. The minimum Gasteiger partial charge on any atom is -0.489 e. The topological polar surface area (TPSA) is 89.7 Å². The van der Waals surface area contributed by atoms with Crippen LogP contribution in [0.3, 0.4) is 0 Å². The van der Waals surface area contributed by atoms with E-state index in [4.69, 9.17) is 10.5 Å². The largest absolute Gasteiger partial charge is 0.489 e. The van der Waals surface area contributed by atoms with Gasteiger partial charge in [-0.25, -0.2) is 8.78 Å². The Kier molecular flexibility index (Phi) is 5.16. The lowest BCUT2D eigenvalue weighted by Gasteiger charge is -2.18. The van der Waals surface area contributed by atoms with Gasteiger partial charge in [0.25, 0.3) is 5.91 Å². The Hall–Kier alpha value is -3.29. The van der Waals surface area contributed by atoms with E-state index in [1.807, 2.05) is 0 Å². The summed E-state index contributed by atoms with van der Waals surface area (Å²) in [6, 6.07) is 9.75. The number of halogens is 2. The summed E-state index contributed by atoms with van der Waals surface area (Å²) in [7, 11) is 0. The molecule has 0 spiro atoms. The van der Waals surface area contributed by atoms with E-state index in [9.17, 15) is 23.2 Å². The van der Waals surface area contributed by atoms with E-state index < -0.39 is 35.1 Å². The molecule has 8 heteroatoms. The van der Waals surface area contributed by atoms with Gasteiger partial charge in [-0.2, -0.15) is 0 Å². The van der Waals surface area contributed by atoms with Gasteiger partial charge in [0.15, 0.2) is 5.82 Å². The summed E-state index contributed by atoms with van der Waals surface area (Å²) >= 11 is 0. The lowest BCUT2D eigenvalue weighted by Crippen LogP contribution is -2.32.